The van der Waals surface area contributed by atoms with Gasteiger partial charge in [0, 0.05) is 12.4 Å². The Morgan fingerprint density at radius 2 is 0.808 bits per heavy atom. The molecule has 0 N–H and O–H groups in total. The first-order chi connectivity index (χ1) is 25.8. The summed E-state index contributed by atoms with van der Waals surface area (Å²) in [5.41, 5.74) is 1.56. The molecule has 0 bridgehead atoms. The van der Waals surface area contributed by atoms with Crippen LogP contribution in [-0.2, 0) is 0 Å². The maximum atomic E-state index is 4.42. The summed E-state index contributed by atoms with van der Waals surface area (Å²) in [4.78, 5) is 10.9. The number of unbranched alkanes of at least 4 members (excludes halogenated alkanes) is 18. The lowest BCUT2D eigenvalue weighted by Crippen LogP contribution is -1.85. The third-order valence-electron chi connectivity index (χ3n) is 8.70. The van der Waals surface area contributed by atoms with Crippen molar-refractivity contribution in [2.75, 3.05) is 11.5 Å². The molecule has 2 aliphatic rings. The van der Waals surface area contributed by atoms with Gasteiger partial charge in [-0.1, -0.05) is 200 Å². The quantitative estimate of drug-likeness (QED) is 0.0764. The van der Waals surface area contributed by atoms with Gasteiger partial charge in [0.05, 0.1) is 26.8 Å². The topological polar surface area (TPSA) is 25.8 Å². The van der Waals surface area contributed by atoms with Gasteiger partial charge in [-0.15, -0.1) is 23.5 Å². The molecule has 4 heterocycles. The molecule has 0 amide bonds. The number of hydrogen-bond donors (Lipinski definition) is 0. The summed E-state index contributed by atoms with van der Waals surface area (Å²) in [6.45, 7) is 4.60. The fourth-order valence-electron chi connectivity index (χ4n) is 5.70. The molecule has 0 aliphatic carbocycles. The van der Waals surface area contributed by atoms with Crippen molar-refractivity contribution in [3.8, 4) is 23.7 Å². The van der Waals surface area contributed by atoms with Crippen LogP contribution in [0.2, 0.25) is 0 Å². The Kier molecular flexibility index (Phi) is 23.6. The summed E-state index contributed by atoms with van der Waals surface area (Å²) in [5.74, 6) is 15.8. The Morgan fingerprint density at radius 3 is 1.17 bits per heavy atom. The number of aromatic nitrogens is 2. The molecule has 52 heavy (non-hydrogen) atoms. The van der Waals surface area contributed by atoms with Crippen molar-refractivity contribution in [3.63, 3.8) is 0 Å². The van der Waals surface area contributed by atoms with Crippen molar-refractivity contribution in [2.45, 2.75) is 142 Å². The van der Waals surface area contributed by atoms with Crippen LogP contribution in [0.5, 0.6) is 0 Å². The third kappa shape index (κ3) is 17.9. The predicted octanol–water partition coefficient (Wildman–Crippen LogP) is 15.6. The summed E-state index contributed by atoms with van der Waals surface area (Å²) in [7, 11) is 0. The highest BCUT2D eigenvalue weighted by Gasteiger charge is 2.29. The van der Waals surface area contributed by atoms with Gasteiger partial charge in [-0.2, -0.15) is 0 Å². The van der Waals surface area contributed by atoms with Gasteiger partial charge in [0.25, 0.3) is 0 Å². The highest BCUT2D eigenvalue weighted by atomic mass is 32.3. The second-order valence-corrected chi connectivity index (χ2v) is 20.5. The molecule has 0 saturated heterocycles. The zero-order chi connectivity index (χ0) is 36.3. The predicted molar refractivity (Wildman–Crippen MR) is 242 cm³/mol. The van der Waals surface area contributed by atoms with Gasteiger partial charge in [-0.05, 0) is 60.5 Å². The summed E-state index contributed by atoms with van der Waals surface area (Å²) < 4.78 is 5.71. The Hall–Kier alpha value is -1.26. The lowest BCUT2D eigenvalue weighted by atomic mass is 10.1. The van der Waals surface area contributed by atoms with Crippen molar-refractivity contribution in [2.24, 2.45) is 0 Å². The lowest BCUT2D eigenvalue weighted by molar-refractivity contribution is 0.563. The second-order valence-electron chi connectivity index (χ2n) is 13.2. The van der Waals surface area contributed by atoms with E-state index in [-0.39, 0.29) is 0 Å². The number of thioether (sulfide) groups is 6. The Labute approximate surface area is 342 Å². The number of nitrogens with zero attached hydrogens (tertiary/aromatic N) is 2. The van der Waals surface area contributed by atoms with Crippen molar-refractivity contribution in [1.82, 2.24) is 9.97 Å². The third-order valence-corrected chi connectivity index (χ3v) is 17.3. The molecule has 0 atom stereocenters. The Morgan fingerprint density at radius 1 is 0.442 bits per heavy atom. The van der Waals surface area contributed by atoms with Gasteiger partial charge >= 0.3 is 0 Å². The van der Waals surface area contributed by atoms with E-state index in [1.807, 2.05) is 59.9 Å². The monoisotopic (exact) mass is 806 g/mol. The van der Waals surface area contributed by atoms with E-state index in [0.29, 0.717) is 0 Å². The van der Waals surface area contributed by atoms with Crippen molar-refractivity contribution in [1.29, 1.82) is 0 Å². The van der Waals surface area contributed by atoms with Gasteiger partial charge in [-0.25, -0.2) is 9.97 Å². The first-order valence-electron chi connectivity index (χ1n) is 19.8. The maximum absolute atomic E-state index is 4.42. The van der Waals surface area contributed by atoms with Crippen LogP contribution >= 0.6 is 70.6 Å². The fraction of sp³-hybridized carbons (Fsp3) is 0.545. The van der Waals surface area contributed by atoms with Crippen LogP contribution in [-0.4, -0.2) is 21.5 Å². The zero-order valence-electron chi connectivity index (χ0n) is 31.5. The fourth-order valence-corrected chi connectivity index (χ4v) is 14.3. The molecule has 2 aliphatic heterocycles. The van der Waals surface area contributed by atoms with Gasteiger partial charge in [0.2, 0.25) is 0 Å². The van der Waals surface area contributed by atoms with Crippen LogP contribution in [0.4, 0.5) is 0 Å². The zero-order valence-corrected chi connectivity index (χ0v) is 36.4. The number of pyridine rings is 2. The molecule has 0 aromatic carbocycles. The van der Waals surface area contributed by atoms with E-state index in [1.165, 1.54) is 157 Å². The lowest BCUT2D eigenvalue weighted by Gasteiger charge is -2.06. The van der Waals surface area contributed by atoms with E-state index >= 15 is 0 Å². The van der Waals surface area contributed by atoms with Gasteiger partial charge < -0.3 is 0 Å². The van der Waals surface area contributed by atoms with Crippen LogP contribution < -0.4 is 0 Å². The van der Waals surface area contributed by atoms with Crippen molar-refractivity contribution < 1.29 is 0 Å². The first kappa shape index (κ1) is 43.5. The standard InChI is InChI=1S/C44H58N2S6/c1-3-5-7-9-11-13-15-17-19-25-35-47-41-42(48-36-26-20-18-16-14-12-10-8-6-4-2)52-44(51-41)43-49-39(31-29-37-27-21-23-33-45-37)40(50-43)32-30-38-28-22-24-34-46-38/h21-24,27-28,33-34H,3-20,25-26,35-36H2,1-2H3. The molecule has 0 spiro atoms. The Bertz CT molecular complexity index is 1420. The highest BCUT2D eigenvalue weighted by Crippen LogP contribution is 2.63. The summed E-state index contributed by atoms with van der Waals surface area (Å²) in [6.07, 6.45) is 31.3. The highest BCUT2D eigenvalue weighted by molar-refractivity contribution is 8.42. The van der Waals surface area contributed by atoms with Gasteiger partial charge in [0.1, 0.15) is 11.4 Å². The summed E-state index contributed by atoms with van der Waals surface area (Å²) in [6, 6.07) is 11.7. The summed E-state index contributed by atoms with van der Waals surface area (Å²) >= 11 is 11.7. The van der Waals surface area contributed by atoms with E-state index in [9.17, 15) is 0 Å². The van der Waals surface area contributed by atoms with Crippen LogP contribution in [0.15, 0.2) is 75.6 Å². The average molecular weight is 807 g/mol. The first-order valence-corrected chi connectivity index (χ1v) is 25.1. The van der Waals surface area contributed by atoms with Gasteiger partial charge in [0.15, 0.2) is 0 Å². The van der Waals surface area contributed by atoms with E-state index in [4.69, 9.17) is 0 Å². The van der Waals surface area contributed by atoms with E-state index < -0.39 is 0 Å². The molecule has 0 fully saturated rings. The second kappa shape index (κ2) is 28.2. The summed E-state index contributed by atoms with van der Waals surface area (Å²) in [5, 5.41) is 0. The minimum atomic E-state index is 0.779. The molecular formula is C44H58N2S6. The van der Waals surface area contributed by atoms with Crippen LogP contribution in [0.3, 0.4) is 0 Å². The molecule has 0 saturated carbocycles. The molecule has 2 nitrogen and oxygen atoms in total. The molecule has 0 unspecified atom stereocenters. The molecular weight excluding hydrogens is 749 g/mol. The maximum Gasteiger partial charge on any atom is 0.113 e. The van der Waals surface area contributed by atoms with E-state index in [0.717, 1.165) is 21.2 Å². The van der Waals surface area contributed by atoms with Crippen LogP contribution in [0.25, 0.3) is 0 Å². The van der Waals surface area contributed by atoms with Crippen molar-refractivity contribution >= 4 is 70.6 Å². The largest absolute Gasteiger partial charge is 0.248 e. The van der Waals surface area contributed by atoms with Crippen LogP contribution in [0, 0.1) is 23.7 Å². The van der Waals surface area contributed by atoms with E-state index in [1.54, 1.807) is 35.9 Å². The van der Waals surface area contributed by atoms with Crippen molar-refractivity contribution in [3.05, 3.63) is 86.9 Å². The SMILES string of the molecule is CCCCCCCCCCCCSC1=C(SCCCCCCCCCCCC)SC(=C2SC(C#Cc3ccccn3)=C(C#Cc3ccccn3)S2)S1. The average Bonchev–Trinajstić information content (AvgIpc) is 3.79. The minimum Gasteiger partial charge on any atom is -0.248 e. The number of allylic oxidation sites excluding steroid dienone is 2. The molecule has 2 aromatic rings. The van der Waals surface area contributed by atoms with Gasteiger partial charge in [-0.3, -0.25) is 0 Å². The number of rotatable bonds is 24. The minimum absolute atomic E-state index is 0.779. The Balaban J connectivity index is 1.33. The smallest absolute Gasteiger partial charge is 0.113 e. The van der Waals surface area contributed by atoms with E-state index in [2.05, 4.69) is 71.0 Å². The molecule has 0 radical (unpaired) electrons. The molecule has 4 rings (SSSR count). The molecule has 2 aromatic heterocycles. The normalized spacial score (nSPS) is 14.2. The van der Waals surface area contributed by atoms with Crippen LogP contribution in [0.1, 0.15) is 154 Å². The number of hydrogen-bond acceptors (Lipinski definition) is 8. The molecule has 8 heteroatoms. The molecule has 280 valence electrons.